The second kappa shape index (κ2) is 8.02. The van der Waals surface area contributed by atoms with Crippen molar-refractivity contribution in [2.45, 2.75) is 39.8 Å². The number of pyridine rings is 2. The number of hydrogen-bond acceptors (Lipinski definition) is 7. The van der Waals surface area contributed by atoms with Gasteiger partial charge < -0.3 is 9.84 Å². The second-order valence-corrected chi connectivity index (χ2v) is 7.71. The number of aromatic nitrogens is 6. The highest BCUT2D eigenvalue weighted by Crippen LogP contribution is 2.24. The summed E-state index contributed by atoms with van der Waals surface area (Å²) in [6, 6.07) is 5.19. The summed E-state index contributed by atoms with van der Waals surface area (Å²) in [7, 11) is 0. The van der Waals surface area contributed by atoms with E-state index in [1.165, 1.54) is 0 Å². The molecule has 0 unspecified atom stereocenters. The van der Waals surface area contributed by atoms with Gasteiger partial charge in [0.1, 0.15) is 6.04 Å². The van der Waals surface area contributed by atoms with Crippen LogP contribution in [0.15, 0.2) is 47.5 Å². The van der Waals surface area contributed by atoms with Crippen LogP contribution in [0.25, 0.3) is 22.4 Å². The Morgan fingerprint density at radius 1 is 1.17 bits per heavy atom. The summed E-state index contributed by atoms with van der Waals surface area (Å²) in [4.78, 5) is 25.9. The van der Waals surface area contributed by atoms with Crippen molar-refractivity contribution in [3.05, 3.63) is 54.4 Å². The van der Waals surface area contributed by atoms with Crippen LogP contribution in [0.3, 0.4) is 0 Å². The molecule has 9 heteroatoms. The van der Waals surface area contributed by atoms with Crippen molar-refractivity contribution in [1.82, 2.24) is 35.2 Å². The van der Waals surface area contributed by atoms with Gasteiger partial charge in [0.25, 0.3) is 5.91 Å². The third-order valence-electron chi connectivity index (χ3n) is 4.77. The molecule has 0 aromatic carbocycles. The summed E-state index contributed by atoms with van der Waals surface area (Å²) >= 11 is 0. The fraction of sp³-hybridized carbons (Fsp3) is 0.333. The molecule has 30 heavy (non-hydrogen) atoms. The largest absolute Gasteiger partial charge is 0.340 e. The molecule has 0 spiro atoms. The van der Waals surface area contributed by atoms with E-state index in [-0.39, 0.29) is 17.9 Å². The smallest absolute Gasteiger partial charge is 0.253 e. The Kier molecular flexibility index (Phi) is 5.26. The highest BCUT2D eigenvalue weighted by atomic mass is 16.5. The fourth-order valence-electron chi connectivity index (χ4n) is 3.15. The molecule has 4 aromatic heterocycles. The van der Waals surface area contributed by atoms with E-state index in [0.29, 0.717) is 17.3 Å². The van der Waals surface area contributed by atoms with Crippen LogP contribution in [-0.2, 0) is 0 Å². The Morgan fingerprint density at radius 2 is 2.00 bits per heavy atom. The maximum Gasteiger partial charge on any atom is 0.253 e. The topological polar surface area (TPSA) is 112 Å². The molecule has 0 saturated carbocycles. The zero-order valence-electron chi connectivity index (χ0n) is 17.3. The van der Waals surface area contributed by atoms with Crippen LogP contribution in [0, 0.1) is 5.92 Å². The van der Waals surface area contributed by atoms with Crippen LogP contribution < -0.4 is 5.32 Å². The quantitative estimate of drug-likeness (QED) is 0.522. The van der Waals surface area contributed by atoms with Crippen molar-refractivity contribution in [3.8, 4) is 11.4 Å². The summed E-state index contributed by atoms with van der Waals surface area (Å²) < 4.78 is 7.27. The fourth-order valence-corrected chi connectivity index (χ4v) is 3.15. The van der Waals surface area contributed by atoms with Gasteiger partial charge in [0.05, 0.1) is 11.8 Å². The average Bonchev–Trinajstić information content (AvgIpc) is 3.39. The van der Waals surface area contributed by atoms with Crippen molar-refractivity contribution < 1.29 is 9.32 Å². The van der Waals surface area contributed by atoms with E-state index >= 15 is 0 Å². The van der Waals surface area contributed by atoms with Crippen LogP contribution in [0.2, 0.25) is 0 Å². The SMILES string of the molecule is CC(C)[C@H](NC(=O)c1cnc2c(cnn2C(C)C)c1)c1nc(-c2cccnc2)no1. The van der Waals surface area contributed by atoms with Crippen molar-refractivity contribution in [2.75, 3.05) is 0 Å². The molecule has 0 bridgehead atoms. The van der Waals surface area contributed by atoms with Crippen LogP contribution in [0.5, 0.6) is 0 Å². The molecule has 4 heterocycles. The third kappa shape index (κ3) is 3.78. The van der Waals surface area contributed by atoms with E-state index < -0.39 is 6.04 Å². The lowest BCUT2D eigenvalue weighted by molar-refractivity contribution is 0.0913. The van der Waals surface area contributed by atoms with Crippen molar-refractivity contribution in [1.29, 1.82) is 0 Å². The molecular formula is C21H23N7O2. The average molecular weight is 405 g/mol. The van der Waals surface area contributed by atoms with E-state index in [1.807, 2.05) is 38.4 Å². The molecule has 9 nitrogen and oxygen atoms in total. The van der Waals surface area contributed by atoms with Crippen LogP contribution >= 0.6 is 0 Å². The Morgan fingerprint density at radius 3 is 2.70 bits per heavy atom. The van der Waals surface area contributed by atoms with Crippen molar-refractivity contribution in [3.63, 3.8) is 0 Å². The van der Waals surface area contributed by atoms with E-state index in [4.69, 9.17) is 4.52 Å². The zero-order valence-corrected chi connectivity index (χ0v) is 17.3. The lowest BCUT2D eigenvalue weighted by Gasteiger charge is -2.18. The predicted molar refractivity (Wildman–Crippen MR) is 110 cm³/mol. The third-order valence-corrected chi connectivity index (χ3v) is 4.77. The lowest BCUT2D eigenvalue weighted by Crippen LogP contribution is -2.32. The van der Waals surface area contributed by atoms with Gasteiger partial charge in [0, 0.05) is 35.6 Å². The van der Waals surface area contributed by atoms with Gasteiger partial charge in [0.2, 0.25) is 11.7 Å². The summed E-state index contributed by atoms with van der Waals surface area (Å²) in [5.41, 5.74) is 1.95. The van der Waals surface area contributed by atoms with Crippen molar-refractivity contribution in [2.24, 2.45) is 5.92 Å². The van der Waals surface area contributed by atoms with Crippen LogP contribution in [-0.4, -0.2) is 35.8 Å². The summed E-state index contributed by atoms with van der Waals surface area (Å²) in [5.74, 6) is 0.555. The molecule has 1 N–H and O–H groups in total. The molecule has 0 saturated heterocycles. The number of nitrogens with zero attached hydrogens (tertiary/aromatic N) is 6. The van der Waals surface area contributed by atoms with E-state index in [0.717, 1.165) is 16.6 Å². The van der Waals surface area contributed by atoms with Gasteiger partial charge in [-0.25, -0.2) is 9.67 Å². The number of amides is 1. The molecular weight excluding hydrogens is 382 g/mol. The van der Waals surface area contributed by atoms with Gasteiger partial charge in [-0.05, 0) is 38.0 Å². The number of carbonyl (C=O) groups excluding carboxylic acids is 1. The molecule has 1 amide bonds. The highest BCUT2D eigenvalue weighted by molar-refractivity contribution is 5.97. The van der Waals surface area contributed by atoms with Gasteiger partial charge in [-0.1, -0.05) is 19.0 Å². The maximum absolute atomic E-state index is 12.9. The summed E-state index contributed by atoms with van der Waals surface area (Å²) in [5, 5.41) is 12.2. The Balaban J connectivity index is 1.57. The molecule has 0 aliphatic heterocycles. The Bertz CT molecular complexity index is 1160. The number of carbonyl (C=O) groups is 1. The molecule has 0 radical (unpaired) electrons. The van der Waals surface area contributed by atoms with E-state index in [1.54, 1.807) is 36.9 Å². The number of nitrogens with one attached hydrogen (secondary N) is 1. The minimum Gasteiger partial charge on any atom is -0.340 e. The Hall–Kier alpha value is -3.62. The highest BCUT2D eigenvalue weighted by Gasteiger charge is 2.26. The molecule has 154 valence electrons. The zero-order chi connectivity index (χ0) is 21.3. The van der Waals surface area contributed by atoms with Gasteiger partial charge in [-0.2, -0.15) is 10.1 Å². The predicted octanol–water partition coefficient (Wildman–Crippen LogP) is 3.58. The molecule has 0 aliphatic rings. The standard InChI is InChI=1S/C21H23N7O2/c1-12(2)17(21-26-18(27-30-21)14-6-5-7-22-9-14)25-20(29)16-8-15-11-24-28(13(3)4)19(15)23-10-16/h5-13,17H,1-4H3,(H,25,29)/t17-/m0/s1. The van der Waals surface area contributed by atoms with Gasteiger partial charge >= 0.3 is 0 Å². The first-order chi connectivity index (χ1) is 14.4. The second-order valence-electron chi connectivity index (χ2n) is 7.71. The van der Waals surface area contributed by atoms with Crippen molar-refractivity contribution >= 4 is 16.9 Å². The first-order valence-electron chi connectivity index (χ1n) is 9.82. The molecule has 1 atom stereocenters. The van der Waals surface area contributed by atoms with Gasteiger partial charge in [-0.3, -0.25) is 9.78 Å². The lowest BCUT2D eigenvalue weighted by atomic mass is 10.0. The van der Waals surface area contributed by atoms with E-state index in [9.17, 15) is 4.79 Å². The van der Waals surface area contributed by atoms with Crippen LogP contribution in [0.1, 0.15) is 56.0 Å². The summed E-state index contributed by atoms with van der Waals surface area (Å²) in [6.45, 7) is 8.03. The molecule has 4 rings (SSSR count). The minimum absolute atomic E-state index is 0.0385. The van der Waals surface area contributed by atoms with Gasteiger partial charge in [-0.15, -0.1) is 0 Å². The van der Waals surface area contributed by atoms with Gasteiger partial charge in [0.15, 0.2) is 5.65 Å². The molecule has 4 aromatic rings. The number of rotatable bonds is 6. The monoisotopic (exact) mass is 405 g/mol. The number of fused-ring (bicyclic) bond motifs is 1. The normalized spacial score (nSPS) is 12.6. The number of hydrogen-bond donors (Lipinski definition) is 1. The maximum atomic E-state index is 12.9. The minimum atomic E-state index is -0.440. The summed E-state index contributed by atoms with van der Waals surface area (Å²) in [6.07, 6.45) is 6.62. The Labute approximate surface area is 173 Å². The molecule has 0 aliphatic carbocycles. The first kappa shape index (κ1) is 19.7. The molecule has 0 fully saturated rings. The van der Waals surface area contributed by atoms with Crippen LogP contribution in [0.4, 0.5) is 0 Å². The van der Waals surface area contributed by atoms with E-state index in [2.05, 4.69) is 30.5 Å². The first-order valence-corrected chi connectivity index (χ1v) is 9.82.